The summed E-state index contributed by atoms with van der Waals surface area (Å²) >= 11 is 0. The summed E-state index contributed by atoms with van der Waals surface area (Å²) in [4.78, 5) is 2.51. The summed E-state index contributed by atoms with van der Waals surface area (Å²) in [5.41, 5.74) is 1.41. The first-order valence-electron chi connectivity index (χ1n) is 7.68. The summed E-state index contributed by atoms with van der Waals surface area (Å²) in [7, 11) is 0. The predicted octanol–water partition coefficient (Wildman–Crippen LogP) is 2.99. The zero-order valence-corrected chi connectivity index (χ0v) is 13.0. The number of rotatable bonds is 4. The van der Waals surface area contributed by atoms with E-state index in [2.05, 4.69) is 37.1 Å². The van der Waals surface area contributed by atoms with Crippen molar-refractivity contribution in [2.24, 2.45) is 5.92 Å². The predicted molar refractivity (Wildman–Crippen MR) is 83.9 cm³/mol. The first-order chi connectivity index (χ1) is 9.42. The lowest BCUT2D eigenvalue weighted by Gasteiger charge is -2.34. The molecule has 1 unspecified atom stereocenters. The quantitative estimate of drug-likeness (QED) is 0.887. The van der Waals surface area contributed by atoms with E-state index in [0.29, 0.717) is 5.75 Å². The van der Waals surface area contributed by atoms with E-state index in [1.54, 1.807) is 6.07 Å². The molecule has 1 fully saturated rings. The Bertz CT molecular complexity index is 425. The van der Waals surface area contributed by atoms with Crippen molar-refractivity contribution in [2.75, 3.05) is 19.6 Å². The molecule has 2 rings (SSSR count). The molecule has 1 heterocycles. The van der Waals surface area contributed by atoms with Crippen LogP contribution in [0.2, 0.25) is 0 Å². The highest BCUT2D eigenvalue weighted by atomic mass is 16.3. The van der Waals surface area contributed by atoms with Gasteiger partial charge in [0.05, 0.1) is 0 Å². The molecule has 1 aliphatic rings. The molecule has 1 aromatic carbocycles. The molecule has 0 aromatic heterocycles. The second-order valence-electron chi connectivity index (χ2n) is 7.04. The second-order valence-corrected chi connectivity index (χ2v) is 7.04. The normalized spacial score (nSPS) is 21.1. The van der Waals surface area contributed by atoms with Gasteiger partial charge in [0.25, 0.3) is 0 Å². The number of aromatic hydroxyl groups is 1. The number of likely N-dealkylation sites (tertiary alicyclic amines) is 1. The molecule has 0 amide bonds. The summed E-state index contributed by atoms with van der Waals surface area (Å²) in [6.45, 7) is 11.0. The Morgan fingerprint density at radius 3 is 2.85 bits per heavy atom. The number of hydrogen-bond donors (Lipinski definition) is 2. The zero-order valence-electron chi connectivity index (χ0n) is 13.0. The number of phenolic OH excluding ortho intramolecular Hbond substituents is 1. The van der Waals surface area contributed by atoms with Crippen LogP contribution in [-0.2, 0) is 6.54 Å². The van der Waals surface area contributed by atoms with Crippen LogP contribution in [0, 0.1) is 5.92 Å². The lowest BCUT2D eigenvalue weighted by molar-refractivity contribution is 0.159. The standard InChI is InChI=1S/C17H28N2O/c1-17(2,3)18-11-15-7-5-9-19(13-15)12-14-6-4-8-16(20)10-14/h4,6,8,10,15,18,20H,5,7,9,11-13H2,1-3H3. The van der Waals surface area contributed by atoms with Crippen LogP contribution in [0.3, 0.4) is 0 Å². The molecule has 1 aromatic rings. The van der Waals surface area contributed by atoms with E-state index in [4.69, 9.17) is 0 Å². The highest BCUT2D eigenvalue weighted by Gasteiger charge is 2.21. The Morgan fingerprint density at radius 2 is 2.15 bits per heavy atom. The summed E-state index contributed by atoms with van der Waals surface area (Å²) in [6, 6.07) is 7.62. The van der Waals surface area contributed by atoms with Crippen molar-refractivity contribution in [3.8, 4) is 5.75 Å². The number of nitrogens with zero attached hydrogens (tertiary/aromatic N) is 1. The second kappa shape index (κ2) is 6.59. The lowest BCUT2D eigenvalue weighted by Crippen LogP contribution is -2.44. The maximum atomic E-state index is 9.54. The highest BCUT2D eigenvalue weighted by molar-refractivity contribution is 5.27. The largest absolute Gasteiger partial charge is 0.508 e. The molecule has 0 spiro atoms. The van der Waals surface area contributed by atoms with Crippen molar-refractivity contribution < 1.29 is 5.11 Å². The van der Waals surface area contributed by atoms with Gasteiger partial charge in [0, 0.05) is 18.6 Å². The summed E-state index contributed by atoms with van der Waals surface area (Å²) in [5.74, 6) is 1.10. The van der Waals surface area contributed by atoms with Crippen LogP contribution in [0.5, 0.6) is 5.75 Å². The number of phenols is 1. The van der Waals surface area contributed by atoms with Crippen molar-refractivity contribution >= 4 is 0 Å². The zero-order chi connectivity index (χ0) is 14.6. The summed E-state index contributed by atoms with van der Waals surface area (Å²) in [6.07, 6.45) is 2.59. The van der Waals surface area contributed by atoms with Crippen molar-refractivity contribution in [2.45, 2.75) is 45.7 Å². The lowest BCUT2D eigenvalue weighted by atomic mass is 9.96. The van der Waals surface area contributed by atoms with Crippen LogP contribution < -0.4 is 5.32 Å². The Balaban J connectivity index is 1.84. The molecule has 0 aliphatic carbocycles. The third kappa shape index (κ3) is 5.14. The van der Waals surface area contributed by atoms with Gasteiger partial charge in [0.2, 0.25) is 0 Å². The van der Waals surface area contributed by atoms with Crippen molar-refractivity contribution in [3.63, 3.8) is 0 Å². The number of benzene rings is 1. The SMILES string of the molecule is CC(C)(C)NCC1CCCN(Cc2cccc(O)c2)C1. The summed E-state index contributed by atoms with van der Waals surface area (Å²) in [5, 5.41) is 13.2. The van der Waals surface area contributed by atoms with Crippen LogP contribution in [-0.4, -0.2) is 35.2 Å². The molecule has 3 nitrogen and oxygen atoms in total. The molecular weight excluding hydrogens is 248 g/mol. The van der Waals surface area contributed by atoms with Crippen LogP contribution in [0.4, 0.5) is 0 Å². The van der Waals surface area contributed by atoms with E-state index in [1.165, 1.54) is 24.9 Å². The van der Waals surface area contributed by atoms with E-state index in [0.717, 1.165) is 25.6 Å². The fraction of sp³-hybridized carbons (Fsp3) is 0.647. The van der Waals surface area contributed by atoms with Gasteiger partial charge in [0.1, 0.15) is 5.75 Å². The molecular formula is C17H28N2O. The first kappa shape index (κ1) is 15.3. The minimum Gasteiger partial charge on any atom is -0.508 e. The molecule has 1 aliphatic heterocycles. The third-order valence-corrected chi connectivity index (χ3v) is 3.84. The number of piperidine rings is 1. The van der Waals surface area contributed by atoms with Crippen LogP contribution >= 0.6 is 0 Å². The van der Waals surface area contributed by atoms with Gasteiger partial charge < -0.3 is 10.4 Å². The van der Waals surface area contributed by atoms with Crippen molar-refractivity contribution in [1.82, 2.24) is 10.2 Å². The Hall–Kier alpha value is -1.06. The van der Waals surface area contributed by atoms with E-state index in [-0.39, 0.29) is 5.54 Å². The Labute approximate surface area is 123 Å². The topological polar surface area (TPSA) is 35.5 Å². The van der Waals surface area contributed by atoms with Gasteiger partial charge in [0.15, 0.2) is 0 Å². The van der Waals surface area contributed by atoms with Gasteiger partial charge in [-0.25, -0.2) is 0 Å². The van der Waals surface area contributed by atoms with Gasteiger partial charge in [-0.1, -0.05) is 12.1 Å². The molecule has 0 bridgehead atoms. The van der Waals surface area contributed by atoms with Crippen molar-refractivity contribution in [3.05, 3.63) is 29.8 Å². The highest BCUT2D eigenvalue weighted by Crippen LogP contribution is 2.20. The Morgan fingerprint density at radius 1 is 1.35 bits per heavy atom. The molecule has 1 atom stereocenters. The molecule has 20 heavy (non-hydrogen) atoms. The van der Waals surface area contributed by atoms with E-state index in [9.17, 15) is 5.11 Å². The van der Waals surface area contributed by atoms with Gasteiger partial charge in [-0.2, -0.15) is 0 Å². The van der Waals surface area contributed by atoms with Crippen molar-refractivity contribution in [1.29, 1.82) is 0 Å². The van der Waals surface area contributed by atoms with Gasteiger partial charge >= 0.3 is 0 Å². The smallest absolute Gasteiger partial charge is 0.115 e. The van der Waals surface area contributed by atoms with Crippen LogP contribution in [0.25, 0.3) is 0 Å². The van der Waals surface area contributed by atoms with Gasteiger partial charge in [-0.15, -0.1) is 0 Å². The van der Waals surface area contributed by atoms with Crippen LogP contribution in [0.15, 0.2) is 24.3 Å². The molecule has 0 saturated carbocycles. The molecule has 2 N–H and O–H groups in total. The maximum absolute atomic E-state index is 9.54. The average Bonchev–Trinajstić information content (AvgIpc) is 2.36. The number of nitrogens with one attached hydrogen (secondary N) is 1. The number of hydrogen-bond acceptors (Lipinski definition) is 3. The van der Waals surface area contributed by atoms with Gasteiger partial charge in [-0.05, 0) is 70.3 Å². The minimum absolute atomic E-state index is 0.202. The average molecular weight is 276 g/mol. The van der Waals surface area contributed by atoms with E-state index < -0.39 is 0 Å². The minimum atomic E-state index is 0.202. The fourth-order valence-electron chi connectivity index (χ4n) is 2.83. The Kier molecular flexibility index (Phi) is 5.06. The van der Waals surface area contributed by atoms with Gasteiger partial charge in [-0.3, -0.25) is 4.90 Å². The summed E-state index contributed by atoms with van der Waals surface area (Å²) < 4.78 is 0. The van der Waals surface area contributed by atoms with E-state index in [1.807, 2.05) is 12.1 Å². The molecule has 3 heteroatoms. The monoisotopic (exact) mass is 276 g/mol. The fourth-order valence-corrected chi connectivity index (χ4v) is 2.83. The first-order valence-corrected chi connectivity index (χ1v) is 7.68. The van der Waals surface area contributed by atoms with Crippen LogP contribution in [0.1, 0.15) is 39.2 Å². The molecule has 1 saturated heterocycles. The molecule has 0 radical (unpaired) electrons. The third-order valence-electron chi connectivity index (χ3n) is 3.84. The maximum Gasteiger partial charge on any atom is 0.115 e. The molecule has 112 valence electrons. The van der Waals surface area contributed by atoms with E-state index >= 15 is 0 Å².